The van der Waals surface area contributed by atoms with E-state index >= 15 is 0 Å². The van der Waals surface area contributed by atoms with E-state index in [0.717, 1.165) is 25.7 Å². The van der Waals surface area contributed by atoms with Gasteiger partial charge < -0.3 is 9.84 Å². The zero-order valence-electron chi connectivity index (χ0n) is 11.0. The van der Waals surface area contributed by atoms with Crippen LogP contribution in [0, 0.1) is 17.3 Å². The summed E-state index contributed by atoms with van der Waals surface area (Å²) in [5.41, 5.74) is 1.68. The first-order valence-corrected chi connectivity index (χ1v) is 6.95. The van der Waals surface area contributed by atoms with Crippen LogP contribution in [0.15, 0.2) is 12.2 Å². The number of ether oxygens (including phenoxy) is 1. The number of rotatable bonds is 1. The first-order chi connectivity index (χ1) is 7.98. The fourth-order valence-electron chi connectivity index (χ4n) is 4.10. The summed E-state index contributed by atoms with van der Waals surface area (Å²) in [4.78, 5) is 0. The normalized spacial score (nSPS) is 53.6. The van der Waals surface area contributed by atoms with E-state index in [1.54, 1.807) is 0 Å². The van der Waals surface area contributed by atoms with Gasteiger partial charge in [-0.25, -0.2) is 0 Å². The molecule has 1 unspecified atom stereocenters. The minimum atomic E-state index is 0.138. The molecule has 2 saturated carbocycles. The molecule has 0 bridgehead atoms. The molecule has 0 aromatic heterocycles. The van der Waals surface area contributed by atoms with Crippen molar-refractivity contribution in [2.24, 2.45) is 17.3 Å². The number of aliphatic hydroxyl groups is 1. The summed E-state index contributed by atoms with van der Waals surface area (Å²) in [5.74, 6) is 1.29. The molecule has 2 heteroatoms. The predicted molar refractivity (Wildman–Crippen MR) is 67.7 cm³/mol. The Kier molecular flexibility index (Phi) is 2.47. The highest BCUT2D eigenvalue weighted by atomic mass is 16.6. The highest BCUT2D eigenvalue weighted by molar-refractivity contribution is 5.17. The maximum Gasteiger partial charge on any atom is 0.0920 e. The summed E-state index contributed by atoms with van der Waals surface area (Å²) >= 11 is 0. The molecule has 3 aliphatic rings. The van der Waals surface area contributed by atoms with Crippen molar-refractivity contribution in [2.45, 2.75) is 57.7 Å². The zero-order chi connectivity index (χ0) is 12.3. The quantitative estimate of drug-likeness (QED) is 0.561. The molecule has 0 aromatic carbocycles. The molecule has 0 spiro atoms. The molecule has 1 heterocycles. The third-order valence-corrected chi connectivity index (χ3v) is 5.67. The number of fused-ring (bicyclic) bond motifs is 2. The Balaban J connectivity index is 1.77. The predicted octanol–water partition coefficient (Wildman–Crippen LogP) is 2.91. The second-order valence-corrected chi connectivity index (χ2v) is 6.88. The smallest absolute Gasteiger partial charge is 0.0920 e. The molecule has 5 atom stereocenters. The van der Waals surface area contributed by atoms with Crippen molar-refractivity contribution < 1.29 is 9.84 Å². The molecule has 0 amide bonds. The Morgan fingerprint density at radius 3 is 2.88 bits per heavy atom. The number of allylic oxidation sites excluding steroid dienone is 1. The Morgan fingerprint density at radius 2 is 2.18 bits per heavy atom. The number of aliphatic hydroxyl groups excluding tert-OH is 1. The van der Waals surface area contributed by atoms with Gasteiger partial charge in [0.25, 0.3) is 0 Å². The Hall–Kier alpha value is -0.340. The van der Waals surface area contributed by atoms with Crippen LogP contribution in [0.3, 0.4) is 0 Å². The van der Waals surface area contributed by atoms with Crippen LogP contribution in [0.5, 0.6) is 0 Å². The molecule has 0 radical (unpaired) electrons. The van der Waals surface area contributed by atoms with Gasteiger partial charge in [-0.2, -0.15) is 0 Å². The van der Waals surface area contributed by atoms with Crippen molar-refractivity contribution in [3.05, 3.63) is 12.2 Å². The SMILES string of the molecule is C=C1CC[C@H]2O[C@@]2(C)CC[C@@H]2[C@@H]1CC2(C)CO. The molecule has 2 nitrogen and oxygen atoms in total. The van der Waals surface area contributed by atoms with Gasteiger partial charge in [-0.3, -0.25) is 0 Å². The van der Waals surface area contributed by atoms with Crippen molar-refractivity contribution in [3.8, 4) is 0 Å². The fraction of sp³-hybridized carbons (Fsp3) is 0.867. The minimum Gasteiger partial charge on any atom is -0.396 e. The molecule has 96 valence electrons. The lowest BCUT2D eigenvalue weighted by atomic mass is 9.51. The first-order valence-electron chi connectivity index (χ1n) is 6.95. The lowest BCUT2D eigenvalue weighted by molar-refractivity contribution is -0.0602. The van der Waals surface area contributed by atoms with Crippen molar-refractivity contribution in [1.29, 1.82) is 0 Å². The zero-order valence-corrected chi connectivity index (χ0v) is 11.0. The lowest BCUT2D eigenvalue weighted by Gasteiger charge is -2.54. The van der Waals surface area contributed by atoms with E-state index in [1.165, 1.54) is 12.0 Å². The van der Waals surface area contributed by atoms with Gasteiger partial charge in [-0.15, -0.1) is 0 Å². The maximum atomic E-state index is 9.58. The summed E-state index contributed by atoms with van der Waals surface area (Å²) in [7, 11) is 0. The van der Waals surface area contributed by atoms with Crippen molar-refractivity contribution in [2.75, 3.05) is 6.61 Å². The average molecular weight is 236 g/mol. The van der Waals surface area contributed by atoms with E-state index in [0.29, 0.717) is 24.5 Å². The van der Waals surface area contributed by atoms with Crippen LogP contribution in [0.25, 0.3) is 0 Å². The van der Waals surface area contributed by atoms with Crippen LogP contribution >= 0.6 is 0 Å². The van der Waals surface area contributed by atoms with Gasteiger partial charge in [-0.05, 0) is 56.3 Å². The molecule has 1 N–H and O–H groups in total. The number of hydrogen-bond donors (Lipinski definition) is 1. The van der Waals surface area contributed by atoms with Crippen LogP contribution in [-0.2, 0) is 4.74 Å². The van der Waals surface area contributed by atoms with Crippen LogP contribution in [-0.4, -0.2) is 23.4 Å². The summed E-state index contributed by atoms with van der Waals surface area (Å²) in [6, 6.07) is 0. The van der Waals surface area contributed by atoms with Crippen LogP contribution in [0.4, 0.5) is 0 Å². The van der Waals surface area contributed by atoms with Gasteiger partial charge in [-0.1, -0.05) is 19.1 Å². The maximum absolute atomic E-state index is 9.58. The first kappa shape index (κ1) is 11.7. The van der Waals surface area contributed by atoms with Crippen molar-refractivity contribution in [3.63, 3.8) is 0 Å². The van der Waals surface area contributed by atoms with E-state index in [2.05, 4.69) is 20.4 Å². The Bertz CT molecular complexity index is 351. The highest BCUT2D eigenvalue weighted by Gasteiger charge is 2.56. The second-order valence-electron chi connectivity index (χ2n) is 6.88. The van der Waals surface area contributed by atoms with E-state index < -0.39 is 0 Å². The summed E-state index contributed by atoms with van der Waals surface area (Å²) in [5, 5.41) is 9.58. The van der Waals surface area contributed by atoms with Crippen molar-refractivity contribution in [1.82, 2.24) is 0 Å². The summed E-state index contributed by atoms with van der Waals surface area (Å²) in [6.45, 7) is 9.08. The fourth-order valence-corrected chi connectivity index (χ4v) is 4.10. The van der Waals surface area contributed by atoms with Crippen LogP contribution < -0.4 is 0 Å². The Morgan fingerprint density at radius 1 is 1.41 bits per heavy atom. The van der Waals surface area contributed by atoms with E-state index in [-0.39, 0.29) is 11.0 Å². The van der Waals surface area contributed by atoms with Gasteiger partial charge in [0.05, 0.1) is 11.7 Å². The third kappa shape index (κ3) is 1.68. The number of hydrogen-bond acceptors (Lipinski definition) is 2. The van der Waals surface area contributed by atoms with Gasteiger partial charge in [0.1, 0.15) is 0 Å². The topological polar surface area (TPSA) is 32.8 Å². The molecule has 3 rings (SSSR count). The molecule has 1 aliphatic heterocycles. The van der Waals surface area contributed by atoms with Crippen LogP contribution in [0.1, 0.15) is 46.0 Å². The summed E-state index contributed by atoms with van der Waals surface area (Å²) < 4.78 is 5.84. The van der Waals surface area contributed by atoms with E-state index in [1.807, 2.05) is 0 Å². The average Bonchev–Trinajstić information content (AvgIpc) is 2.92. The molecule has 17 heavy (non-hydrogen) atoms. The minimum absolute atomic E-state index is 0.138. The largest absolute Gasteiger partial charge is 0.396 e. The van der Waals surface area contributed by atoms with E-state index in [4.69, 9.17) is 4.74 Å². The molecule has 2 aliphatic carbocycles. The van der Waals surface area contributed by atoms with Gasteiger partial charge in [0.2, 0.25) is 0 Å². The molecule has 0 aromatic rings. The highest BCUT2D eigenvalue weighted by Crippen LogP contribution is 2.59. The van der Waals surface area contributed by atoms with Crippen molar-refractivity contribution >= 4 is 0 Å². The second kappa shape index (κ2) is 3.58. The molecule has 3 fully saturated rings. The number of epoxide rings is 1. The summed E-state index contributed by atoms with van der Waals surface area (Å²) in [6.07, 6.45) is 6.21. The van der Waals surface area contributed by atoms with E-state index in [9.17, 15) is 5.11 Å². The third-order valence-electron chi connectivity index (χ3n) is 5.67. The molecular formula is C15H24O2. The Labute approximate surface area is 104 Å². The molecule has 1 saturated heterocycles. The monoisotopic (exact) mass is 236 g/mol. The van der Waals surface area contributed by atoms with Gasteiger partial charge in [0.15, 0.2) is 0 Å². The lowest BCUT2D eigenvalue weighted by Crippen LogP contribution is -2.49. The standard InChI is InChI=1S/C15H24O2/c1-10-4-5-13-15(3,17-13)7-6-12-11(10)8-14(12,2)9-16/h11-13,16H,1,4-9H2,2-3H3/t11-,12-,13-,14?,15+/m1/s1. The van der Waals surface area contributed by atoms with Crippen LogP contribution in [0.2, 0.25) is 0 Å². The molecular weight excluding hydrogens is 212 g/mol. The van der Waals surface area contributed by atoms with Gasteiger partial charge in [0, 0.05) is 6.61 Å². The van der Waals surface area contributed by atoms with Gasteiger partial charge >= 0.3 is 0 Å².